The van der Waals surface area contributed by atoms with Crippen molar-refractivity contribution in [1.29, 1.82) is 5.26 Å². The van der Waals surface area contributed by atoms with Gasteiger partial charge in [0.2, 0.25) is 0 Å². The van der Waals surface area contributed by atoms with Crippen molar-refractivity contribution in [1.82, 2.24) is 10.6 Å². The summed E-state index contributed by atoms with van der Waals surface area (Å²) in [5.74, 6) is -0.440. The lowest BCUT2D eigenvalue weighted by atomic mass is 10.1. The van der Waals surface area contributed by atoms with Crippen molar-refractivity contribution in [2.45, 2.75) is 20.0 Å². The maximum absolute atomic E-state index is 13.6. The Labute approximate surface area is 139 Å². The molecular formula is C18H18F2N4. The van der Waals surface area contributed by atoms with Gasteiger partial charge in [-0.2, -0.15) is 5.26 Å². The Morgan fingerprint density at radius 1 is 1.12 bits per heavy atom. The number of guanidine groups is 1. The van der Waals surface area contributed by atoms with Crippen LogP contribution in [0, 0.1) is 23.0 Å². The third kappa shape index (κ3) is 5.06. The Bertz CT molecular complexity index is 749. The van der Waals surface area contributed by atoms with Crippen LogP contribution in [0.25, 0.3) is 0 Å². The van der Waals surface area contributed by atoms with Gasteiger partial charge in [0, 0.05) is 18.7 Å². The van der Waals surface area contributed by atoms with E-state index in [1.807, 2.05) is 19.1 Å². The number of rotatable bonds is 5. The molecular weight excluding hydrogens is 310 g/mol. The molecule has 0 fully saturated rings. The van der Waals surface area contributed by atoms with Crippen LogP contribution < -0.4 is 10.6 Å². The molecule has 0 saturated carbocycles. The van der Waals surface area contributed by atoms with Crippen molar-refractivity contribution < 1.29 is 8.78 Å². The van der Waals surface area contributed by atoms with Gasteiger partial charge >= 0.3 is 0 Å². The van der Waals surface area contributed by atoms with Crippen molar-refractivity contribution in [3.63, 3.8) is 0 Å². The van der Waals surface area contributed by atoms with Gasteiger partial charge in [-0.15, -0.1) is 0 Å². The van der Waals surface area contributed by atoms with Gasteiger partial charge < -0.3 is 10.6 Å². The minimum Gasteiger partial charge on any atom is -0.357 e. The molecule has 2 aromatic rings. The van der Waals surface area contributed by atoms with E-state index in [-0.39, 0.29) is 12.1 Å². The van der Waals surface area contributed by atoms with Crippen LogP contribution in [0.3, 0.4) is 0 Å². The molecule has 4 nitrogen and oxygen atoms in total. The fourth-order valence-electron chi connectivity index (χ4n) is 2.05. The zero-order valence-corrected chi connectivity index (χ0v) is 13.3. The highest BCUT2D eigenvalue weighted by Crippen LogP contribution is 2.09. The molecule has 0 aliphatic carbocycles. The van der Waals surface area contributed by atoms with E-state index in [0.717, 1.165) is 23.8 Å². The van der Waals surface area contributed by atoms with Gasteiger partial charge in [0.15, 0.2) is 5.96 Å². The molecule has 6 heteroatoms. The van der Waals surface area contributed by atoms with Crippen LogP contribution in [0.4, 0.5) is 8.78 Å². The molecule has 0 heterocycles. The maximum Gasteiger partial charge on any atom is 0.191 e. The molecule has 0 radical (unpaired) electrons. The average Bonchev–Trinajstić information content (AvgIpc) is 2.60. The fraction of sp³-hybridized carbons (Fsp3) is 0.222. The molecule has 0 amide bonds. The Hall–Kier alpha value is -2.94. The van der Waals surface area contributed by atoms with Crippen molar-refractivity contribution in [2.75, 3.05) is 6.54 Å². The van der Waals surface area contributed by atoms with Gasteiger partial charge in [0.1, 0.15) is 11.6 Å². The quantitative estimate of drug-likeness (QED) is 0.655. The molecule has 0 bridgehead atoms. The molecule has 0 atom stereocenters. The van der Waals surface area contributed by atoms with Crippen LogP contribution in [0.15, 0.2) is 47.5 Å². The predicted molar refractivity (Wildman–Crippen MR) is 89.2 cm³/mol. The first-order valence-electron chi connectivity index (χ1n) is 7.57. The van der Waals surface area contributed by atoms with Crippen molar-refractivity contribution in [2.24, 2.45) is 4.99 Å². The fourth-order valence-corrected chi connectivity index (χ4v) is 2.05. The van der Waals surface area contributed by atoms with Gasteiger partial charge in [0.05, 0.1) is 18.2 Å². The number of aliphatic imine (C=N–C) groups is 1. The van der Waals surface area contributed by atoms with Crippen LogP contribution in [-0.2, 0) is 13.1 Å². The molecule has 0 unspecified atom stereocenters. The number of nitriles is 1. The summed E-state index contributed by atoms with van der Waals surface area (Å²) < 4.78 is 26.8. The highest BCUT2D eigenvalue weighted by molar-refractivity contribution is 5.79. The van der Waals surface area contributed by atoms with Crippen LogP contribution in [0.2, 0.25) is 0 Å². The summed E-state index contributed by atoms with van der Waals surface area (Å²) >= 11 is 0. The summed E-state index contributed by atoms with van der Waals surface area (Å²) in [7, 11) is 0. The number of nitrogens with zero attached hydrogens (tertiary/aromatic N) is 2. The number of halogens is 2. The number of hydrogen-bond donors (Lipinski definition) is 2. The second kappa shape index (κ2) is 8.63. The lowest BCUT2D eigenvalue weighted by Crippen LogP contribution is -2.37. The summed E-state index contributed by atoms with van der Waals surface area (Å²) in [6.07, 6.45) is 0. The summed E-state index contributed by atoms with van der Waals surface area (Å²) in [6.45, 7) is 3.10. The minimum absolute atomic E-state index is 0.128. The second-order valence-corrected chi connectivity index (χ2v) is 5.09. The van der Waals surface area contributed by atoms with Crippen LogP contribution in [-0.4, -0.2) is 12.5 Å². The standard InChI is InChI=1S/C18H18F2N4/c1-2-22-18(23-11-14-5-3-13(10-21)4-6-14)24-12-15-9-16(19)7-8-17(15)20/h3-9H,2,11-12H2,1H3,(H2,22,23,24). The summed E-state index contributed by atoms with van der Waals surface area (Å²) in [6, 6.07) is 12.5. The van der Waals surface area contributed by atoms with Gasteiger partial charge in [-0.05, 0) is 42.8 Å². The Morgan fingerprint density at radius 2 is 1.88 bits per heavy atom. The molecule has 2 N–H and O–H groups in total. The summed E-state index contributed by atoms with van der Waals surface area (Å²) in [5.41, 5.74) is 1.77. The van der Waals surface area contributed by atoms with E-state index in [1.165, 1.54) is 0 Å². The maximum atomic E-state index is 13.6. The predicted octanol–water partition coefficient (Wildman–Crippen LogP) is 3.09. The largest absolute Gasteiger partial charge is 0.357 e. The van der Waals surface area contributed by atoms with Gasteiger partial charge in [-0.3, -0.25) is 0 Å². The van der Waals surface area contributed by atoms with Gasteiger partial charge in [0.25, 0.3) is 0 Å². The van der Waals surface area contributed by atoms with E-state index in [2.05, 4.69) is 21.7 Å². The third-order valence-corrected chi connectivity index (χ3v) is 3.30. The smallest absolute Gasteiger partial charge is 0.191 e. The Balaban J connectivity index is 2.02. The molecule has 0 spiro atoms. The molecule has 0 saturated heterocycles. The zero-order valence-electron chi connectivity index (χ0n) is 13.3. The van der Waals surface area contributed by atoms with E-state index >= 15 is 0 Å². The molecule has 2 rings (SSSR count). The topological polar surface area (TPSA) is 60.2 Å². The first kappa shape index (κ1) is 17.4. The highest BCUT2D eigenvalue weighted by atomic mass is 19.1. The third-order valence-electron chi connectivity index (χ3n) is 3.30. The molecule has 0 aliphatic rings. The number of hydrogen-bond acceptors (Lipinski definition) is 2. The van der Waals surface area contributed by atoms with Crippen molar-refractivity contribution in [3.8, 4) is 6.07 Å². The SMILES string of the molecule is CCNC(=NCc1ccc(C#N)cc1)NCc1cc(F)ccc1F. The summed E-state index contributed by atoms with van der Waals surface area (Å²) in [4.78, 5) is 4.40. The van der Waals surface area contributed by atoms with E-state index in [1.54, 1.807) is 12.1 Å². The normalized spacial score (nSPS) is 11.0. The Kier molecular flexibility index (Phi) is 6.26. The van der Waals surface area contributed by atoms with Gasteiger partial charge in [-0.25, -0.2) is 13.8 Å². The molecule has 124 valence electrons. The van der Waals surface area contributed by atoms with E-state index in [0.29, 0.717) is 24.6 Å². The first-order valence-corrected chi connectivity index (χ1v) is 7.57. The lowest BCUT2D eigenvalue weighted by Gasteiger charge is -2.12. The molecule has 2 aromatic carbocycles. The number of benzene rings is 2. The average molecular weight is 328 g/mol. The molecule has 24 heavy (non-hydrogen) atoms. The number of nitrogens with one attached hydrogen (secondary N) is 2. The van der Waals surface area contributed by atoms with Crippen molar-refractivity contribution >= 4 is 5.96 Å². The minimum atomic E-state index is -0.479. The first-order chi connectivity index (χ1) is 11.6. The van der Waals surface area contributed by atoms with Crippen LogP contribution in [0.5, 0.6) is 0 Å². The molecule has 0 aromatic heterocycles. The molecule has 0 aliphatic heterocycles. The Morgan fingerprint density at radius 3 is 2.54 bits per heavy atom. The van der Waals surface area contributed by atoms with E-state index in [9.17, 15) is 8.78 Å². The second-order valence-electron chi connectivity index (χ2n) is 5.09. The monoisotopic (exact) mass is 328 g/mol. The van der Waals surface area contributed by atoms with Crippen LogP contribution >= 0.6 is 0 Å². The van der Waals surface area contributed by atoms with Crippen LogP contribution in [0.1, 0.15) is 23.6 Å². The highest BCUT2D eigenvalue weighted by Gasteiger charge is 2.05. The van der Waals surface area contributed by atoms with E-state index < -0.39 is 11.6 Å². The van der Waals surface area contributed by atoms with Crippen molar-refractivity contribution in [3.05, 3.63) is 70.8 Å². The van der Waals surface area contributed by atoms with E-state index in [4.69, 9.17) is 5.26 Å². The zero-order chi connectivity index (χ0) is 17.4. The van der Waals surface area contributed by atoms with Gasteiger partial charge in [-0.1, -0.05) is 12.1 Å². The summed E-state index contributed by atoms with van der Waals surface area (Å²) in [5, 5.41) is 14.8. The lowest BCUT2D eigenvalue weighted by molar-refractivity contribution is 0.581.